The van der Waals surface area contributed by atoms with E-state index < -0.39 is 10.8 Å². The lowest BCUT2D eigenvalue weighted by molar-refractivity contribution is -0.384. The monoisotopic (exact) mass is 401 g/mol. The van der Waals surface area contributed by atoms with Gasteiger partial charge in [-0.05, 0) is 29.8 Å². The van der Waals surface area contributed by atoms with Crippen molar-refractivity contribution in [1.29, 1.82) is 5.26 Å². The molecule has 2 aromatic carbocycles. The Balaban J connectivity index is 1.90. The lowest BCUT2D eigenvalue weighted by Crippen LogP contribution is -2.14. The van der Waals surface area contributed by atoms with Crippen molar-refractivity contribution in [3.63, 3.8) is 0 Å². The van der Waals surface area contributed by atoms with E-state index >= 15 is 0 Å². The smallest absolute Gasteiger partial charge is 0.296 e. The topological polar surface area (TPSA) is 124 Å². The summed E-state index contributed by atoms with van der Waals surface area (Å²) in [5.74, 6) is 0.315. The zero-order valence-corrected chi connectivity index (χ0v) is 15.1. The Morgan fingerprint density at radius 1 is 1.36 bits per heavy atom. The van der Waals surface area contributed by atoms with Crippen LogP contribution < -0.4 is 19.5 Å². The predicted octanol–water partition coefficient (Wildman–Crippen LogP) is 3.53. The molecule has 1 aliphatic rings. The van der Waals surface area contributed by atoms with Gasteiger partial charge in [0.05, 0.1) is 23.1 Å². The van der Waals surface area contributed by atoms with E-state index in [9.17, 15) is 20.2 Å². The lowest BCUT2D eigenvalue weighted by Gasteiger charge is -2.07. The van der Waals surface area contributed by atoms with Crippen LogP contribution in [0.3, 0.4) is 0 Å². The summed E-state index contributed by atoms with van der Waals surface area (Å²) >= 11 is 6.15. The summed E-state index contributed by atoms with van der Waals surface area (Å²) in [6.07, 6.45) is 1.26. The number of halogens is 1. The molecule has 0 atom stereocenters. The molecule has 0 radical (unpaired) electrons. The second kappa shape index (κ2) is 7.85. The fourth-order valence-corrected chi connectivity index (χ4v) is 2.64. The SMILES string of the molecule is COc1ccc(NC(=O)/C(C#N)=C/c2cc3c(cc2Cl)OCO3)c([N+](=O)[O-])c1. The second-order valence-corrected chi connectivity index (χ2v) is 5.90. The summed E-state index contributed by atoms with van der Waals surface area (Å²) < 4.78 is 15.4. The van der Waals surface area contributed by atoms with Gasteiger partial charge in [0.15, 0.2) is 11.5 Å². The fourth-order valence-electron chi connectivity index (χ4n) is 2.43. The molecular weight excluding hydrogens is 390 g/mol. The van der Waals surface area contributed by atoms with E-state index in [1.165, 1.54) is 43.5 Å². The van der Waals surface area contributed by atoms with Crippen molar-refractivity contribution in [2.45, 2.75) is 0 Å². The summed E-state index contributed by atoms with van der Waals surface area (Å²) in [6, 6.07) is 8.74. The number of amides is 1. The minimum absolute atomic E-state index is 0.0472. The molecule has 0 saturated carbocycles. The predicted molar refractivity (Wildman–Crippen MR) is 99.4 cm³/mol. The number of nitriles is 1. The van der Waals surface area contributed by atoms with Gasteiger partial charge in [-0.3, -0.25) is 14.9 Å². The molecule has 2 aromatic rings. The molecule has 9 nitrogen and oxygen atoms in total. The number of rotatable bonds is 5. The molecule has 0 saturated heterocycles. The molecule has 0 aromatic heterocycles. The maximum Gasteiger partial charge on any atom is 0.296 e. The quantitative estimate of drug-likeness (QED) is 0.351. The number of anilines is 1. The van der Waals surface area contributed by atoms with E-state index in [0.717, 1.165) is 0 Å². The van der Waals surface area contributed by atoms with Gasteiger partial charge in [-0.2, -0.15) is 5.26 Å². The molecule has 10 heteroatoms. The number of carbonyl (C=O) groups is 1. The number of fused-ring (bicyclic) bond motifs is 1. The highest BCUT2D eigenvalue weighted by Crippen LogP contribution is 2.37. The zero-order chi connectivity index (χ0) is 20.3. The van der Waals surface area contributed by atoms with Gasteiger partial charge in [0.2, 0.25) is 6.79 Å². The maximum atomic E-state index is 12.5. The summed E-state index contributed by atoms with van der Waals surface area (Å²) in [7, 11) is 1.36. The van der Waals surface area contributed by atoms with Crippen molar-refractivity contribution in [3.8, 4) is 23.3 Å². The Morgan fingerprint density at radius 3 is 2.71 bits per heavy atom. The van der Waals surface area contributed by atoms with Crippen LogP contribution in [0.4, 0.5) is 11.4 Å². The van der Waals surface area contributed by atoms with Crippen molar-refractivity contribution >= 4 is 35.0 Å². The maximum absolute atomic E-state index is 12.5. The summed E-state index contributed by atoms with van der Waals surface area (Å²) in [6.45, 7) is 0.0472. The Hall–Kier alpha value is -3.77. The molecule has 0 unspecified atom stereocenters. The molecule has 0 aliphatic carbocycles. The van der Waals surface area contributed by atoms with Crippen LogP contribution in [0.25, 0.3) is 6.08 Å². The highest BCUT2D eigenvalue weighted by molar-refractivity contribution is 6.32. The summed E-state index contributed by atoms with van der Waals surface area (Å²) in [5, 5.41) is 23.2. The molecule has 142 valence electrons. The van der Waals surface area contributed by atoms with Crippen LogP contribution in [-0.4, -0.2) is 24.7 Å². The second-order valence-electron chi connectivity index (χ2n) is 5.49. The summed E-state index contributed by atoms with van der Waals surface area (Å²) in [5.41, 5.74) is -0.382. The van der Waals surface area contributed by atoms with E-state index in [-0.39, 0.29) is 34.5 Å². The minimum atomic E-state index is -0.829. The first kappa shape index (κ1) is 19.0. The molecule has 1 heterocycles. The normalized spacial score (nSPS) is 12.2. The Bertz CT molecular complexity index is 1040. The van der Waals surface area contributed by atoms with E-state index in [2.05, 4.69) is 5.32 Å². The number of benzene rings is 2. The molecule has 1 amide bonds. The molecule has 28 heavy (non-hydrogen) atoms. The first-order valence-electron chi connectivity index (χ1n) is 7.77. The number of nitrogens with one attached hydrogen (secondary N) is 1. The average molecular weight is 402 g/mol. The number of hydrogen-bond donors (Lipinski definition) is 1. The molecule has 0 bridgehead atoms. The van der Waals surface area contributed by atoms with Crippen molar-refractivity contribution in [1.82, 2.24) is 0 Å². The van der Waals surface area contributed by atoms with Crippen LogP contribution in [0.15, 0.2) is 35.9 Å². The molecule has 0 spiro atoms. The number of methoxy groups -OCH3 is 1. The zero-order valence-electron chi connectivity index (χ0n) is 14.4. The van der Waals surface area contributed by atoms with Gasteiger partial charge in [-0.1, -0.05) is 11.6 Å². The van der Waals surface area contributed by atoms with Crippen LogP contribution in [0.2, 0.25) is 5.02 Å². The summed E-state index contributed by atoms with van der Waals surface area (Å²) in [4.78, 5) is 23.0. The van der Waals surface area contributed by atoms with Gasteiger partial charge in [-0.15, -0.1) is 0 Å². The van der Waals surface area contributed by atoms with Crippen LogP contribution in [0, 0.1) is 21.4 Å². The van der Waals surface area contributed by atoms with Gasteiger partial charge in [0.1, 0.15) is 23.1 Å². The van der Waals surface area contributed by atoms with Crippen molar-refractivity contribution in [3.05, 3.63) is 56.6 Å². The number of carbonyl (C=O) groups excluding carboxylic acids is 1. The lowest BCUT2D eigenvalue weighted by atomic mass is 10.1. The van der Waals surface area contributed by atoms with Crippen LogP contribution in [0.5, 0.6) is 17.2 Å². The van der Waals surface area contributed by atoms with Gasteiger partial charge in [-0.25, -0.2) is 0 Å². The number of nitro groups is 1. The van der Waals surface area contributed by atoms with Gasteiger partial charge >= 0.3 is 0 Å². The fraction of sp³-hybridized carbons (Fsp3) is 0.111. The largest absolute Gasteiger partial charge is 0.496 e. The Labute approximate surface area is 163 Å². The van der Waals surface area contributed by atoms with Gasteiger partial charge in [0.25, 0.3) is 11.6 Å². The van der Waals surface area contributed by atoms with Gasteiger partial charge in [0, 0.05) is 6.07 Å². The molecular formula is C18H12ClN3O6. The molecule has 0 fully saturated rings. The van der Waals surface area contributed by atoms with Crippen LogP contribution >= 0.6 is 11.6 Å². The minimum Gasteiger partial charge on any atom is -0.496 e. The van der Waals surface area contributed by atoms with Crippen molar-refractivity contribution < 1.29 is 23.9 Å². The third-order valence-corrected chi connectivity index (χ3v) is 4.13. The van der Waals surface area contributed by atoms with Crippen molar-refractivity contribution in [2.75, 3.05) is 19.2 Å². The average Bonchev–Trinajstić information content (AvgIpc) is 3.13. The Morgan fingerprint density at radius 2 is 2.07 bits per heavy atom. The standard InChI is InChI=1S/C18H12ClN3O6/c1-26-12-2-3-14(15(6-12)22(24)25)21-18(23)11(8-20)4-10-5-16-17(7-13(10)19)28-9-27-16/h2-7H,9H2,1H3,(H,21,23)/b11-4+. The molecule has 1 N–H and O–H groups in total. The molecule has 1 aliphatic heterocycles. The number of ether oxygens (including phenoxy) is 3. The van der Waals surface area contributed by atoms with Crippen LogP contribution in [0.1, 0.15) is 5.56 Å². The third-order valence-electron chi connectivity index (χ3n) is 3.81. The number of nitro benzene ring substituents is 1. The first-order chi connectivity index (χ1) is 13.4. The third kappa shape index (κ3) is 3.82. The van der Waals surface area contributed by atoms with E-state index in [1.807, 2.05) is 0 Å². The van der Waals surface area contributed by atoms with E-state index in [1.54, 1.807) is 6.07 Å². The van der Waals surface area contributed by atoms with Gasteiger partial charge < -0.3 is 19.5 Å². The number of nitrogens with zero attached hydrogens (tertiary/aromatic N) is 2. The van der Waals surface area contributed by atoms with Crippen molar-refractivity contribution in [2.24, 2.45) is 0 Å². The van der Waals surface area contributed by atoms with E-state index in [0.29, 0.717) is 17.1 Å². The van der Waals surface area contributed by atoms with E-state index in [4.69, 9.17) is 25.8 Å². The van der Waals surface area contributed by atoms with Crippen LogP contribution in [-0.2, 0) is 4.79 Å². The Kier molecular flexibility index (Phi) is 5.33. The highest BCUT2D eigenvalue weighted by Gasteiger charge is 2.20. The molecule has 3 rings (SSSR count). The first-order valence-corrected chi connectivity index (χ1v) is 8.15. The number of hydrogen-bond acceptors (Lipinski definition) is 7. The highest BCUT2D eigenvalue weighted by atomic mass is 35.5.